The van der Waals surface area contributed by atoms with Crippen LogP contribution in [0.3, 0.4) is 0 Å². The van der Waals surface area contributed by atoms with Crippen LogP contribution in [-0.4, -0.2) is 36.9 Å². The first kappa shape index (κ1) is 17.7. The molecule has 0 fully saturated rings. The summed E-state index contributed by atoms with van der Waals surface area (Å²) < 4.78 is 18.2. The first-order valence-electron chi connectivity index (χ1n) is 7.48. The normalized spacial score (nSPS) is 10.7. The number of benzene rings is 1. The van der Waals surface area contributed by atoms with Crippen molar-refractivity contribution >= 4 is 17.5 Å². The molecule has 1 aromatic carbocycles. The van der Waals surface area contributed by atoms with E-state index in [0.717, 1.165) is 11.5 Å². The lowest BCUT2D eigenvalue weighted by Crippen LogP contribution is -2.39. The molecule has 2 amide bonds. The maximum atomic E-state index is 12.8. The number of likely N-dealkylation sites (N-methyl/N-ethyl adjacent to an activating group) is 1. The lowest BCUT2D eigenvalue weighted by molar-refractivity contribution is -0.124. The molecule has 128 valence electrons. The first-order valence-corrected chi connectivity index (χ1v) is 7.48. The highest BCUT2D eigenvalue weighted by Crippen LogP contribution is 2.09. The minimum absolute atomic E-state index is 0.142. The van der Waals surface area contributed by atoms with E-state index >= 15 is 0 Å². The molecule has 2 N–H and O–H groups in total. The molecular weight excluding hydrogens is 313 g/mol. The topological polar surface area (TPSA) is 74.6 Å². The van der Waals surface area contributed by atoms with Gasteiger partial charge in [0.25, 0.3) is 0 Å². The molecule has 2 aromatic rings. The Labute approximate surface area is 139 Å². The van der Waals surface area contributed by atoms with Gasteiger partial charge in [-0.3, -0.25) is 14.5 Å². The minimum atomic E-state index is -0.379. The van der Waals surface area contributed by atoms with Crippen LogP contribution in [0.25, 0.3) is 0 Å². The Morgan fingerprint density at radius 3 is 2.46 bits per heavy atom. The average molecular weight is 333 g/mol. The first-order chi connectivity index (χ1) is 11.4. The second-order valence-electron chi connectivity index (χ2n) is 5.52. The third-order valence-electron chi connectivity index (χ3n) is 3.21. The van der Waals surface area contributed by atoms with Gasteiger partial charge in [0.15, 0.2) is 0 Å². The molecule has 1 heterocycles. The Kier molecular flexibility index (Phi) is 6.08. The van der Waals surface area contributed by atoms with E-state index in [4.69, 9.17) is 4.42 Å². The molecule has 7 heteroatoms. The van der Waals surface area contributed by atoms with Gasteiger partial charge in [-0.2, -0.15) is 0 Å². The molecule has 6 nitrogen and oxygen atoms in total. The van der Waals surface area contributed by atoms with Crippen LogP contribution in [0, 0.1) is 12.7 Å². The Morgan fingerprint density at radius 2 is 1.83 bits per heavy atom. The summed E-state index contributed by atoms with van der Waals surface area (Å²) in [7, 11) is 1.79. The van der Waals surface area contributed by atoms with E-state index in [-0.39, 0.29) is 30.7 Å². The SMILES string of the molecule is Cc1ccc(CN(C)CC(=O)NCC(=O)Nc2ccc(F)cc2)o1. The van der Waals surface area contributed by atoms with Crippen molar-refractivity contribution in [3.63, 3.8) is 0 Å². The fraction of sp³-hybridized carbons (Fsp3) is 0.294. The van der Waals surface area contributed by atoms with E-state index in [0.29, 0.717) is 12.2 Å². The quantitative estimate of drug-likeness (QED) is 0.812. The molecule has 1 aromatic heterocycles. The Hall–Kier alpha value is -2.67. The van der Waals surface area contributed by atoms with Gasteiger partial charge in [-0.15, -0.1) is 0 Å². The average Bonchev–Trinajstić information content (AvgIpc) is 2.92. The lowest BCUT2D eigenvalue weighted by Gasteiger charge is -2.14. The van der Waals surface area contributed by atoms with Crippen LogP contribution in [-0.2, 0) is 16.1 Å². The van der Waals surface area contributed by atoms with Crippen molar-refractivity contribution in [1.82, 2.24) is 10.2 Å². The van der Waals surface area contributed by atoms with Crippen LogP contribution in [0.5, 0.6) is 0 Å². The van der Waals surface area contributed by atoms with Crippen molar-refractivity contribution in [2.45, 2.75) is 13.5 Å². The third-order valence-corrected chi connectivity index (χ3v) is 3.21. The van der Waals surface area contributed by atoms with Gasteiger partial charge in [0.1, 0.15) is 17.3 Å². The number of hydrogen-bond acceptors (Lipinski definition) is 4. The summed E-state index contributed by atoms with van der Waals surface area (Å²) in [6.07, 6.45) is 0. The van der Waals surface area contributed by atoms with Crippen molar-refractivity contribution in [3.05, 3.63) is 53.7 Å². The summed E-state index contributed by atoms with van der Waals surface area (Å²) in [5.41, 5.74) is 0.473. The Morgan fingerprint density at radius 1 is 1.12 bits per heavy atom. The van der Waals surface area contributed by atoms with Crippen LogP contribution in [0.2, 0.25) is 0 Å². The van der Waals surface area contributed by atoms with Gasteiger partial charge in [-0.1, -0.05) is 0 Å². The number of halogens is 1. The number of aryl methyl sites for hydroxylation is 1. The number of anilines is 1. The minimum Gasteiger partial charge on any atom is -0.465 e. The van der Waals surface area contributed by atoms with Gasteiger partial charge in [0, 0.05) is 5.69 Å². The molecule has 0 saturated heterocycles. The van der Waals surface area contributed by atoms with Crippen LogP contribution >= 0.6 is 0 Å². The summed E-state index contributed by atoms with van der Waals surface area (Å²) in [4.78, 5) is 25.4. The summed E-state index contributed by atoms with van der Waals surface area (Å²) in [5, 5.41) is 5.11. The fourth-order valence-electron chi connectivity index (χ4n) is 2.11. The third kappa shape index (κ3) is 5.85. The number of rotatable bonds is 7. The van der Waals surface area contributed by atoms with E-state index in [1.54, 1.807) is 11.9 Å². The summed E-state index contributed by atoms with van der Waals surface area (Å²) in [6, 6.07) is 9.13. The van der Waals surface area contributed by atoms with E-state index in [9.17, 15) is 14.0 Å². The zero-order chi connectivity index (χ0) is 17.5. The number of carbonyl (C=O) groups is 2. The standard InChI is InChI=1S/C17H20FN3O3/c1-12-3-8-15(24-12)10-21(2)11-17(23)19-9-16(22)20-14-6-4-13(18)5-7-14/h3-8H,9-11H2,1-2H3,(H,19,23)(H,20,22). The predicted octanol–water partition coefficient (Wildman–Crippen LogP) is 1.91. The van der Waals surface area contributed by atoms with Crippen LogP contribution in [0.1, 0.15) is 11.5 Å². The fourth-order valence-corrected chi connectivity index (χ4v) is 2.11. The second kappa shape index (κ2) is 8.26. The Balaban J connectivity index is 1.70. The van der Waals surface area contributed by atoms with Gasteiger partial charge in [-0.25, -0.2) is 4.39 Å². The molecule has 0 spiro atoms. The van der Waals surface area contributed by atoms with Crippen molar-refractivity contribution in [2.24, 2.45) is 0 Å². The number of nitrogens with one attached hydrogen (secondary N) is 2. The number of amides is 2. The van der Waals surface area contributed by atoms with Crippen molar-refractivity contribution in [3.8, 4) is 0 Å². The Bertz CT molecular complexity index is 697. The summed E-state index contributed by atoms with van der Waals surface area (Å²) >= 11 is 0. The summed E-state index contributed by atoms with van der Waals surface area (Å²) in [5.74, 6) is 0.572. The second-order valence-corrected chi connectivity index (χ2v) is 5.52. The number of nitrogens with zero attached hydrogens (tertiary/aromatic N) is 1. The van der Waals surface area contributed by atoms with E-state index in [2.05, 4.69) is 10.6 Å². The highest BCUT2D eigenvalue weighted by molar-refractivity contribution is 5.94. The molecule has 0 atom stereocenters. The molecule has 0 aliphatic carbocycles. The number of hydrogen-bond donors (Lipinski definition) is 2. The molecule has 0 saturated carbocycles. The smallest absolute Gasteiger partial charge is 0.243 e. The van der Waals surface area contributed by atoms with Crippen LogP contribution < -0.4 is 10.6 Å². The zero-order valence-electron chi connectivity index (χ0n) is 13.6. The molecular formula is C17H20FN3O3. The van der Waals surface area contributed by atoms with Gasteiger partial charge in [-0.05, 0) is 50.4 Å². The molecule has 0 aliphatic heterocycles. The lowest BCUT2D eigenvalue weighted by atomic mass is 10.3. The molecule has 0 radical (unpaired) electrons. The maximum absolute atomic E-state index is 12.8. The van der Waals surface area contributed by atoms with Crippen molar-refractivity contribution < 1.29 is 18.4 Å². The molecule has 0 unspecified atom stereocenters. The van der Waals surface area contributed by atoms with Gasteiger partial charge < -0.3 is 15.1 Å². The predicted molar refractivity (Wildman–Crippen MR) is 87.8 cm³/mol. The highest BCUT2D eigenvalue weighted by Gasteiger charge is 2.10. The van der Waals surface area contributed by atoms with Gasteiger partial charge in [0.05, 0.1) is 19.6 Å². The zero-order valence-corrected chi connectivity index (χ0v) is 13.6. The molecule has 24 heavy (non-hydrogen) atoms. The number of carbonyl (C=O) groups excluding carboxylic acids is 2. The van der Waals surface area contributed by atoms with E-state index in [1.165, 1.54) is 24.3 Å². The van der Waals surface area contributed by atoms with Crippen molar-refractivity contribution in [2.75, 3.05) is 25.5 Å². The number of furan rings is 1. The van der Waals surface area contributed by atoms with Crippen LogP contribution in [0.4, 0.5) is 10.1 Å². The van der Waals surface area contributed by atoms with Crippen molar-refractivity contribution in [1.29, 1.82) is 0 Å². The van der Waals surface area contributed by atoms with E-state index in [1.807, 2.05) is 19.1 Å². The van der Waals surface area contributed by atoms with Gasteiger partial charge >= 0.3 is 0 Å². The largest absolute Gasteiger partial charge is 0.465 e. The van der Waals surface area contributed by atoms with Crippen LogP contribution in [0.15, 0.2) is 40.8 Å². The van der Waals surface area contributed by atoms with E-state index < -0.39 is 0 Å². The molecule has 0 bridgehead atoms. The summed E-state index contributed by atoms with van der Waals surface area (Å²) in [6.45, 7) is 2.35. The monoisotopic (exact) mass is 333 g/mol. The molecule has 2 rings (SSSR count). The maximum Gasteiger partial charge on any atom is 0.243 e. The highest BCUT2D eigenvalue weighted by atomic mass is 19.1. The van der Waals surface area contributed by atoms with Gasteiger partial charge in [0.2, 0.25) is 11.8 Å². The molecule has 0 aliphatic rings.